The number of nitrogens with two attached hydrogens (primary N) is 1. The van der Waals surface area contributed by atoms with Gasteiger partial charge in [0, 0.05) is 56.7 Å². The van der Waals surface area contributed by atoms with Gasteiger partial charge in [-0.3, -0.25) is 9.79 Å². The number of para-hydroxylation sites is 1. The van der Waals surface area contributed by atoms with Gasteiger partial charge in [-0.25, -0.2) is 13.2 Å². The van der Waals surface area contributed by atoms with Gasteiger partial charge in [-0.05, 0) is 48.6 Å². The van der Waals surface area contributed by atoms with Gasteiger partial charge in [0.05, 0.1) is 13.4 Å². The molecule has 13 heteroatoms. The largest absolute Gasteiger partial charge is 0.493 e. The number of piperazine rings is 1. The summed E-state index contributed by atoms with van der Waals surface area (Å²) in [6, 6.07) is 12.4. The number of methoxy groups -OCH3 is 1. The Hall–Kier alpha value is -4.10. The number of amides is 3. The SMILES string of the molecule is CN=C(C=C(N)C1CC1)C(=O)NCc1cccc(OCc2ccc(NC(=O)N3CCN(S(C)(=O)=O)CC3)cc2)c1OC. The smallest absolute Gasteiger partial charge is 0.321 e. The molecule has 1 aliphatic heterocycles. The highest BCUT2D eigenvalue weighted by molar-refractivity contribution is 7.88. The minimum Gasteiger partial charge on any atom is -0.493 e. The molecule has 4 N–H and O–H groups in total. The van der Waals surface area contributed by atoms with E-state index in [1.807, 2.05) is 24.3 Å². The molecular formula is C29H38N6O6S. The number of hydrogen-bond donors (Lipinski definition) is 3. The van der Waals surface area contributed by atoms with Crippen LogP contribution in [-0.4, -0.2) is 81.9 Å². The van der Waals surface area contributed by atoms with Crippen molar-refractivity contribution in [1.82, 2.24) is 14.5 Å². The van der Waals surface area contributed by atoms with E-state index in [1.54, 1.807) is 43.3 Å². The third kappa shape index (κ3) is 8.23. The van der Waals surface area contributed by atoms with Crippen LogP contribution in [0.2, 0.25) is 0 Å². The number of urea groups is 1. The van der Waals surface area contributed by atoms with E-state index in [9.17, 15) is 18.0 Å². The fourth-order valence-corrected chi connectivity index (χ4v) is 5.33. The van der Waals surface area contributed by atoms with Crippen molar-refractivity contribution in [3.63, 3.8) is 0 Å². The second kappa shape index (κ2) is 13.7. The molecule has 0 atom stereocenters. The Kier molecular flexibility index (Phi) is 10.1. The first-order chi connectivity index (χ1) is 20.1. The molecule has 2 aromatic rings. The quantitative estimate of drug-likeness (QED) is 0.335. The first-order valence-electron chi connectivity index (χ1n) is 13.7. The third-order valence-corrected chi connectivity index (χ3v) is 8.43. The van der Waals surface area contributed by atoms with Crippen molar-refractivity contribution in [2.75, 3.05) is 51.9 Å². The van der Waals surface area contributed by atoms with Crippen LogP contribution in [0, 0.1) is 5.92 Å². The van der Waals surface area contributed by atoms with E-state index in [1.165, 1.54) is 10.6 Å². The number of nitrogens with zero attached hydrogens (tertiary/aromatic N) is 3. The van der Waals surface area contributed by atoms with Crippen molar-refractivity contribution >= 4 is 33.4 Å². The van der Waals surface area contributed by atoms with Gasteiger partial charge in [0.2, 0.25) is 10.0 Å². The van der Waals surface area contributed by atoms with Gasteiger partial charge >= 0.3 is 6.03 Å². The summed E-state index contributed by atoms with van der Waals surface area (Å²) in [6.45, 7) is 1.68. The maximum atomic E-state index is 12.7. The lowest BCUT2D eigenvalue weighted by Gasteiger charge is -2.33. The number of rotatable bonds is 11. The van der Waals surface area contributed by atoms with Gasteiger partial charge < -0.3 is 30.7 Å². The van der Waals surface area contributed by atoms with E-state index < -0.39 is 10.0 Å². The van der Waals surface area contributed by atoms with Crippen LogP contribution >= 0.6 is 0 Å². The number of allylic oxidation sites excluding steroid dienone is 1. The average Bonchev–Trinajstić information content (AvgIpc) is 3.83. The first-order valence-corrected chi connectivity index (χ1v) is 15.5. The Morgan fingerprint density at radius 3 is 2.38 bits per heavy atom. The zero-order valence-corrected chi connectivity index (χ0v) is 24.9. The molecule has 2 fully saturated rings. The summed E-state index contributed by atoms with van der Waals surface area (Å²) in [5.41, 5.74) is 9.24. The minimum atomic E-state index is -3.26. The van der Waals surface area contributed by atoms with Gasteiger partial charge in [0.25, 0.3) is 5.91 Å². The molecule has 3 amide bonds. The van der Waals surface area contributed by atoms with Crippen molar-refractivity contribution < 1.29 is 27.5 Å². The minimum absolute atomic E-state index is 0.215. The molecule has 42 heavy (non-hydrogen) atoms. The topological polar surface area (TPSA) is 156 Å². The third-order valence-electron chi connectivity index (χ3n) is 7.12. The number of carbonyl (C=O) groups excluding carboxylic acids is 2. The molecule has 226 valence electrons. The van der Waals surface area contributed by atoms with Crippen LogP contribution in [-0.2, 0) is 28.0 Å². The molecule has 0 spiro atoms. The van der Waals surface area contributed by atoms with Crippen molar-refractivity contribution in [2.45, 2.75) is 26.0 Å². The lowest BCUT2D eigenvalue weighted by atomic mass is 10.1. The predicted molar refractivity (Wildman–Crippen MR) is 161 cm³/mol. The maximum Gasteiger partial charge on any atom is 0.321 e. The number of nitrogens with one attached hydrogen (secondary N) is 2. The molecule has 0 unspecified atom stereocenters. The van der Waals surface area contributed by atoms with Crippen LogP contribution in [0.1, 0.15) is 24.0 Å². The zero-order chi connectivity index (χ0) is 30.3. The molecule has 1 aliphatic carbocycles. The summed E-state index contributed by atoms with van der Waals surface area (Å²) in [7, 11) is -0.151. The van der Waals surface area contributed by atoms with Gasteiger partial charge in [-0.1, -0.05) is 24.3 Å². The van der Waals surface area contributed by atoms with Crippen LogP contribution in [0.5, 0.6) is 11.5 Å². The molecule has 1 heterocycles. The normalized spacial score (nSPS) is 16.6. The number of aliphatic imine (C=N–C) groups is 1. The molecule has 2 aromatic carbocycles. The van der Waals surface area contributed by atoms with Gasteiger partial charge in [-0.2, -0.15) is 4.31 Å². The predicted octanol–water partition coefficient (Wildman–Crippen LogP) is 2.32. The summed E-state index contributed by atoms with van der Waals surface area (Å²) in [6.07, 6.45) is 4.90. The highest BCUT2D eigenvalue weighted by atomic mass is 32.2. The Labute approximate surface area is 246 Å². The van der Waals surface area contributed by atoms with Gasteiger partial charge in [0.1, 0.15) is 12.3 Å². The van der Waals surface area contributed by atoms with E-state index in [4.69, 9.17) is 15.2 Å². The summed E-state index contributed by atoms with van der Waals surface area (Å²) < 4.78 is 36.4. The lowest BCUT2D eigenvalue weighted by Crippen LogP contribution is -2.51. The summed E-state index contributed by atoms with van der Waals surface area (Å²) >= 11 is 0. The van der Waals surface area contributed by atoms with E-state index in [0.29, 0.717) is 41.9 Å². The molecule has 0 radical (unpaired) electrons. The second-order valence-corrected chi connectivity index (χ2v) is 12.2. The molecule has 1 saturated heterocycles. The molecule has 12 nitrogen and oxygen atoms in total. The molecule has 2 aliphatic rings. The van der Waals surface area contributed by atoms with E-state index >= 15 is 0 Å². The van der Waals surface area contributed by atoms with Crippen LogP contribution in [0.25, 0.3) is 0 Å². The van der Waals surface area contributed by atoms with Crippen LogP contribution < -0.4 is 25.8 Å². The Balaban J connectivity index is 1.30. The van der Waals surface area contributed by atoms with Crippen molar-refractivity contribution in [3.05, 3.63) is 65.4 Å². The lowest BCUT2D eigenvalue weighted by molar-refractivity contribution is -0.114. The monoisotopic (exact) mass is 598 g/mol. The van der Waals surface area contributed by atoms with Gasteiger partial charge in [0.15, 0.2) is 11.5 Å². The van der Waals surface area contributed by atoms with Gasteiger partial charge in [-0.15, -0.1) is 0 Å². The Morgan fingerprint density at radius 2 is 1.79 bits per heavy atom. The summed E-state index contributed by atoms with van der Waals surface area (Å²) in [5.74, 6) is 1.06. The fourth-order valence-electron chi connectivity index (χ4n) is 4.51. The number of benzene rings is 2. The van der Waals surface area contributed by atoms with Crippen LogP contribution in [0.4, 0.5) is 10.5 Å². The van der Waals surface area contributed by atoms with Crippen molar-refractivity contribution in [3.8, 4) is 11.5 Å². The Bertz CT molecular complexity index is 1450. The van der Waals surface area contributed by atoms with Crippen LogP contribution in [0.3, 0.4) is 0 Å². The van der Waals surface area contributed by atoms with E-state index in [-0.39, 0.29) is 43.9 Å². The summed E-state index contributed by atoms with van der Waals surface area (Å²) in [5, 5.41) is 5.72. The average molecular weight is 599 g/mol. The molecular weight excluding hydrogens is 560 g/mol. The number of hydrogen-bond acceptors (Lipinski definition) is 8. The Morgan fingerprint density at radius 1 is 1.10 bits per heavy atom. The molecule has 0 bridgehead atoms. The highest BCUT2D eigenvalue weighted by Crippen LogP contribution is 2.34. The number of ether oxygens (including phenoxy) is 2. The molecule has 0 aromatic heterocycles. The fraction of sp³-hybridized carbons (Fsp3) is 0.414. The standard InChI is InChI=1S/C29H38N6O6S/c1-31-25(17-24(30)21-9-10-21)28(36)32-18-22-5-4-6-26(27(22)40-2)41-19-20-7-11-23(12-8-20)33-29(37)34-13-15-35(16-14-34)42(3,38)39/h4-8,11-12,17,21H,9-10,13-16,18-19,30H2,1-3H3,(H,32,36)(H,33,37). The van der Waals surface area contributed by atoms with Crippen molar-refractivity contribution in [1.29, 1.82) is 0 Å². The highest BCUT2D eigenvalue weighted by Gasteiger charge is 2.26. The zero-order valence-electron chi connectivity index (χ0n) is 24.1. The first kappa shape index (κ1) is 30.8. The molecule has 1 saturated carbocycles. The second-order valence-electron chi connectivity index (χ2n) is 10.2. The molecule has 4 rings (SSSR count). The maximum absolute atomic E-state index is 12.7. The number of carbonyl (C=O) groups is 2. The summed E-state index contributed by atoms with van der Waals surface area (Å²) in [4.78, 5) is 31.0. The number of anilines is 1. The van der Waals surface area contributed by atoms with Crippen LogP contribution in [0.15, 0.2) is 59.2 Å². The van der Waals surface area contributed by atoms with E-state index in [0.717, 1.165) is 24.0 Å². The van der Waals surface area contributed by atoms with E-state index in [2.05, 4.69) is 15.6 Å². The van der Waals surface area contributed by atoms with Crippen molar-refractivity contribution in [2.24, 2.45) is 16.6 Å². The number of sulfonamides is 1.